The number of hydrogen-bond acceptors (Lipinski definition) is 5. The second-order valence-electron chi connectivity index (χ2n) is 4.80. The van der Waals surface area contributed by atoms with Crippen LogP contribution in [-0.2, 0) is 6.54 Å². The maximum atomic E-state index is 12.5. The highest BCUT2D eigenvalue weighted by molar-refractivity contribution is 7.13. The molecule has 3 aromatic rings. The number of rotatable bonds is 4. The first-order valence-corrected chi connectivity index (χ1v) is 8.39. The molecule has 0 radical (unpaired) electrons. The van der Waals surface area contributed by atoms with Crippen molar-refractivity contribution in [3.05, 3.63) is 73.6 Å². The molecule has 2 aromatic heterocycles. The van der Waals surface area contributed by atoms with Crippen molar-refractivity contribution >= 4 is 45.6 Å². The summed E-state index contributed by atoms with van der Waals surface area (Å²) >= 11 is 13.0. The molecule has 1 N–H and O–H groups in total. The summed E-state index contributed by atoms with van der Waals surface area (Å²) in [7, 11) is 0. The van der Waals surface area contributed by atoms with E-state index in [-0.39, 0.29) is 12.1 Å². The van der Waals surface area contributed by atoms with Gasteiger partial charge in [0, 0.05) is 6.20 Å². The number of amides is 1. The van der Waals surface area contributed by atoms with Gasteiger partial charge in [-0.25, -0.2) is 0 Å². The van der Waals surface area contributed by atoms with E-state index in [1.807, 2.05) is 0 Å². The van der Waals surface area contributed by atoms with E-state index in [4.69, 9.17) is 23.2 Å². The van der Waals surface area contributed by atoms with Crippen molar-refractivity contribution in [2.45, 2.75) is 6.54 Å². The van der Waals surface area contributed by atoms with E-state index in [0.717, 1.165) is 5.56 Å². The molecule has 2 heterocycles. The van der Waals surface area contributed by atoms with E-state index in [0.29, 0.717) is 15.2 Å². The standard InChI is InChI=1S/C15H10Cl2N4O2S/c16-11-4-3-9(6-12(11)17)7-21-5-1-2-10(14(21)23)13(22)19-15-20-18-8-24-15/h1-6,8H,7H2,(H,19,20,22). The predicted octanol–water partition coefficient (Wildman–Crippen LogP) is 3.31. The van der Waals surface area contributed by atoms with Crippen molar-refractivity contribution in [2.24, 2.45) is 0 Å². The summed E-state index contributed by atoms with van der Waals surface area (Å²) < 4.78 is 1.43. The van der Waals surface area contributed by atoms with Crippen molar-refractivity contribution < 1.29 is 4.79 Å². The Morgan fingerprint density at radius 1 is 1.25 bits per heavy atom. The summed E-state index contributed by atoms with van der Waals surface area (Å²) in [6, 6.07) is 8.22. The van der Waals surface area contributed by atoms with Gasteiger partial charge in [-0.2, -0.15) is 0 Å². The lowest BCUT2D eigenvalue weighted by Gasteiger charge is -2.09. The van der Waals surface area contributed by atoms with Crippen LogP contribution in [0.2, 0.25) is 10.0 Å². The number of hydrogen-bond donors (Lipinski definition) is 1. The molecular formula is C15H10Cl2N4O2S. The second-order valence-corrected chi connectivity index (χ2v) is 6.45. The maximum Gasteiger partial charge on any atom is 0.263 e. The summed E-state index contributed by atoms with van der Waals surface area (Å²) in [5.41, 5.74) is 1.90. The van der Waals surface area contributed by atoms with Crippen LogP contribution in [0.3, 0.4) is 0 Å². The highest BCUT2D eigenvalue weighted by atomic mass is 35.5. The molecule has 0 aliphatic rings. The molecule has 122 valence electrons. The lowest BCUT2D eigenvalue weighted by Crippen LogP contribution is -2.29. The number of carbonyl (C=O) groups is 1. The fraction of sp³-hybridized carbons (Fsp3) is 0.0667. The number of aromatic nitrogens is 3. The second kappa shape index (κ2) is 7.12. The number of anilines is 1. The fourth-order valence-electron chi connectivity index (χ4n) is 2.06. The Morgan fingerprint density at radius 2 is 2.08 bits per heavy atom. The number of nitrogens with one attached hydrogen (secondary N) is 1. The first-order valence-electron chi connectivity index (χ1n) is 6.75. The highest BCUT2D eigenvalue weighted by Gasteiger charge is 2.14. The van der Waals surface area contributed by atoms with E-state index in [9.17, 15) is 9.59 Å². The minimum atomic E-state index is -0.528. The SMILES string of the molecule is O=C(Nc1nncs1)c1cccn(Cc2ccc(Cl)c(Cl)c2)c1=O. The molecule has 0 fully saturated rings. The Hall–Kier alpha value is -2.22. The van der Waals surface area contributed by atoms with Crippen molar-refractivity contribution in [1.82, 2.24) is 14.8 Å². The maximum absolute atomic E-state index is 12.5. The van der Waals surface area contributed by atoms with Gasteiger partial charge in [0.05, 0.1) is 16.6 Å². The summed E-state index contributed by atoms with van der Waals surface area (Å²) in [6.45, 7) is 0.273. The Kier molecular flexibility index (Phi) is 4.94. The van der Waals surface area contributed by atoms with Crippen LogP contribution >= 0.6 is 34.5 Å². The van der Waals surface area contributed by atoms with Gasteiger partial charge in [0.25, 0.3) is 11.5 Å². The van der Waals surface area contributed by atoms with Crippen LogP contribution in [0.5, 0.6) is 0 Å². The molecule has 0 atom stereocenters. The summed E-state index contributed by atoms with van der Waals surface area (Å²) in [5, 5.41) is 11.1. The fourth-order valence-corrected chi connectivity index (χ4v) is 2.82. The molecule has 6 nitrogen and oxygen atoms in total. The van der Waals surface area contributed by atoms with E-state index < -0.39 is 11.5 Å². The Balaban J connectivity index is 1.86. The quantitative estimate of drug-likeness (QED) is 0.752. The predicted molar refractivity (Wildman–Crippen MR) is 94.1 cm³/mol. The summed E-state index contributed by atoms with van der Waals surface area (Å²) in [5.74, 6) is -0.528. The molecular weight excluding hydrogens is 371 g/mol. The average Bonchev–Trinajstić information content (AvgIpc) is 3.06. The molecule has 24 heavy (non-hydrogen) atoms. The van der Waals surface area contributed by atoms with Gasteiger partial charge in [-0.1, -0.05) is 40.6 Å². The van der Waals surface area contributed by atoms with Crippen LogP contribution in [0.25, 0.3) is 0 Å². The minimum absolute atomic E-state index is 0.0211. The van der Waals surface area contributed by atoms with E-state index in [2.05, 4.69) is 15.5 Å². The molecule has 9 heteroatoms. The monoisotopic (exact) mass is 380 g/mol. The zero-order valence-corrected chi connectivity index (χ0v) is 14.4. The lowest BCUT2D eigenvalue weighted by atomic mass is 10.2. The van der Waals surface area contributed by atoms with Gasteiger partial charge < -0.3 is 4.57 Å². The molecule has 0 spiro atoms. The van der Waals surface area contributed by atoms with Gasteiger partial charge >= 0.3 is 0 Å². The number of benzene rings is 1. The average molecular weight is 381 g/mol. The van der Waals surface area contributed by atoms with Gasteiger partial charge in [-0.15, -0.1) is 10.2 Å². The van der Waals surface area contributed by atoms with E-state index >= 15 is 0 Å². The zero-order valence-electron chi connectivity index (χ0n) is 12.1. The van der Waals surface area contributed by atoms with Crippen LogP contribution < -0.4 is 10.9 Å². The molecule has 0 saturated carbocycles. The van der Waals surface area contributed by atoms with Crippen LogP contribution in [0.4, 0.5) is 5.13 Å². The first-order chi connectivity index (χ1) is 11.5. The van der Waals surface area contributed by atoms with Gasteiger partial charge in [0.1, 0.15) is 11.1 Å². The van der Waals surface area contributed by atoms with Crippen molar-refractivity contribution in [3.63, 3.8) is 0 Å². The number of nitrogens with zero attached hydrogens (tertiary/aromatic N) is 3. The third-order valence-corrected chi connectivity index (χ3v) is 4.53. The van der Waals surface area contributed by atoms with Crippen molar-refractivity contribution in [1.29, 1.82) is 0 Å². The van der Waals surface area contributed by atoms with Crippen LogP contribution in [0, 0.1) is 0 Å². The number of carbonyl (C=O) groups excluding carboxylic acids is 1. The zero-order chi connectivity index (χ0) is 17.1. The van der Waals surface area contributed by atoms with Crippen LogP contribution in [0.1, 0.15) is 15.9 Å². The summed E-state index contributed by atoms with van der Waals surface area (Å²) in [4.78, 5) is 24.7. The Bertz CT molecular complexity index is 941. The molecule has 0 aliphatic carbocycles. The Labute approximate surface area is 150 Å². The van der Waals surface area contributed by atoms with Gasteiger partial charge in [-0.05, 0) is 29.8 Å². The molecule has 1 amide bonds. The van der Waals surface area contributed by atoms with Crippen molar-refractivity contribution in [2.75, 3.05) is 5.32 Å². The van der Waals surface area contributed by atoms with Crippen molar-refractivity contribution in [3.8, 4) is 0 Å². The molecule has 0 bridgehead atoms. The summed E-state index contributed by atoms with van der Waals surface area (Å²) in [6.07, 6.45) is 1.60. The largest absolute Gasteiger partial charge is 0.310 e. The Morgan fingerprint density at radius 3 is 2.79 bits per heavy atom. The smallest absolute Gasteiger partial charge is 0.263 e. The third kappa shape index (κ3) is 3.64. The van der Waals surface area contributed by atoms with Gasteiger partial charge in [0.15, 0.2) is 0 Å². The lowest BCUT2D eigenvalue weighted by molar-refractivity contribution is 0.102. The van der Waals surface area contributed by atoms with Gasteiger partial charge in [-0.3, -0.25) is 14.9 Å². The molecule has 0 unspecified atom stereocenters. The topological polar surface area (TPSA) is 76.9 Å². The third-order valence-electron chi connectivity index (χ3n) is 3.18. The van der Waals surface area contributed by atoms with E-state index in [1.165, 1.54) is 27.5 Å². The van der Waals surface area contributed by atoms with E-state index in [1.54, 1.807) is 30.5 Å². The van der Waals surface area contributed by atoms with Gasteiger partial charge in [0.2, 0.25) is 5.13 Å². The number of halogens is 2. The molecule has 1 aromatic carbocycles. The van der Waals surface area contributed by atoms with Crippen LogP contribution in [-0.4, -0.2) is 20.7 Å². The number of pyridine rings is 1. The first kappa shape index (κ1) is 16.6. The molecule has 0 aliphatic heterocycles. The highest BCUT2D eigenvalue weighted by Crippen LogP contribution is 2.22. The minimum Gasteiger partial charge on any atom is -0.310 e. The molecule has 3 rings (SSSR count). The normalized spacial score (nSPS) is 10.6. The van der Waals surface area contributed by atoms with Crippen LogP contribution in [0.15, 0.2) is 46.8 Å². The molecule has 0 saturated heterocycles.